The van der Waals surface area contributed by atoms with Crippen molar-refractivity contribution in [2.24, 2.45) is 34.5 Å². The van der Waals surface area contributed by atoms with Crippen molar-refractivity contribution in [3.8, 4) is 0 Å². The molecule has 0 bridgehead atoms. The molecule has 4 fully saturated rings. The van der Waals surface area contributed by atoms with E-state index in [1.54, 1.807) is 0 Å². The minimum Gasteiger partial charge on any atom is -0.414 e. The van der Waals surface area contributed by atoms with Crippen LogP contribution in [0, 0.1) is 34.5 Å². The summed E-state index contributed by atoms with van der Waals surface area (Å²) < 4.78 is 6.95. The number of fused-ring (bicyclic) bond motifs is 5. The molecule has 0 saturated heterocycles. The fourth-order valence-electron chi connectivity index (χ4n) is 8.45. The minimum atomic E-state index is -1.49. The number of hydrogen-bond donors (Lipinski definition) is 0. The van der Waals surface area contributed by atoms with Gasteiger partial charge in [0.15, 0.2) is 8.32 Å². The minimum absolute atomic E-state index is 0.0270. The molecule has 0 aliphatic heterocycles. The molecule has 4 rings (SSSR count). The summed E-state index contributed by atoms with van der Waals surface area (Å²) in [5, 5.41) is 0. The Hall–Kier alpha value is -0.153. The van der Waals surface area contributed by atoms with Gasteiger partial charge in [0, 0.05) is 17.9 Å². The first-order chi connectivity index (χ1) is 13.3. The fourth-order valence-corrected chi connectivity index (χ4v) is 11.4. The first-order valence-corrected chi connectivity index (χ1v) is 15.1. The molecule has 0 radical (unpaired) electrons. The van der Waals surface area contributed by atoms with Crippen LogP contribution in [-0.2, 0) is 9.22 Å². The lowest BCUT2D eigenvalue weighted by Crippen LogP contribution is -2.55. The summed E-state index contributed by atoms with van der Waals surface area (Å²) in [5.74, 6) is 3.80. The Kier molecular flexibility index (Phi) is 5.66. The largest absolute Gasteiger partial charge is 0.414 e. The van der Waals surface area contributed by atoms with Crippen LogP contribution in [0.3, 0.4) is 0 Å². The van der Waals surface area contributed by atoms with Crippen molar-refractivity contribution in [3.63, 3.8) is 0 Å². The monoisotopic (exact) mass is 404 g/mol. The highest BCUT2D eigenvalue weighted by atomic mass is 28.4. The van der Waals surface area contributed by atoms with Gasteiger partial charge in [-0.15, -0.1) is 0 Å². The predicted octanol–water partition coefficient (Wildman–Crippen LogP) is 6.99. The van der Waals surface area contributed by atoms with Crippen LogP contribution in [0.2, 0.25) is 18.1 Å². The van der Waals surface area contributed by atoms with Gasteiger partial charge in [0.25, 0.3) is 0 Å². The first kappa shape index (κ1) is 21.1. The molecule has 4 saturated carbocycles. The molecular weight excluding hydrogens is 360 g/mol. The van der Waals surface area contributed by atoms with Crippen LogP contribution in [0.4, 0.5) is 0 Å². The normalized spacial score (nSPS) is 46.0. The first-order valence-electron chi connectivity index (χ1n) is 12.5. The maximum Gasteiger partial charge on any atom is 0.192 e. The number of Topliss-reactive ketones (excluding diaryl/α,β-unsaturated/α-hetero) is 1. The lowest BCUT2D eigenvalue weighted by atomic mass is 9.45. The average molecular weight is 405 g/mol. The highest BCUT2D eigenvalue weighted by Crippen LogP contribution is 2.65. The summed E-state index contributed by atoms with van der Waals surface area (Å²) in [6.07, 6.45) is 11.8. The zero-order chi connectivity index (χ0) is 20.2. The van der Waals surface area contributed by atoms with Crippen LogP contribution in [0.25, 0.3) is 0 Å². The van der Waals surface area contributed by atoms with Gasteiger partial charge in [0.1, 0.15) is 5.78 Å². The van der Waals surface area contributed by atoms with E-state index in [-0.39, 0.29) is 5.41 Å². The number of carbonyl (C=O) groups excluding carboxylic acids is 1. The van der Waals surface area contributed by atoms with E-state index < -0.39 is 8.32 Å². The van der Waals surface area contributed by atoms with Crippen molar-refractivity contribution in [3.05, 3.63) is 0 Å². The summed E-state index contributed by atoms with van der Waals surface area (Å²) in [6, 6.07) is 3.83. The second-order valence-electron chi connectivity index (χ2n) is 11.3. The summed E-state index contributed by atoms with van der Waals surface area (Å²) in [5.41, 5.74) is 0.532. The van der Waals surface area contributed by atoms with E-state index in [9.17, 15) is 4.79 Å². The maximum absolute atomic E-state index is 12.6. The number of ketones is 1. The van der Waals surface area contributed by atoms with Crippen LogP contribution in [0.5, 0.6) is 0 Å². The SMILES string of the molecule is CC[Si](CC)(CC)OC1CCC2(C)C(CCC3C4CCC(=O)C4(C)CCC32)C1. The van der Waals surface area contributed by atoms with E-state index in [1.165, 1.54) is 63.1 Å². The molecule has 0 aromatic heterocycles. The van der Waals surface area contributed by atoms with Crippen LogP contribution in [0.1, 0.15) is 92.4 Å². The molecule has 2 nitrogen and oxygen atoms in total. The fraction of sp³-hybridized carbons (Fsp3) is 0.960. The molecule has 0 spiro atoms. The molecule has 0 amide bonds. The average Bonchev–Trinajstić information content (AvgIpc) is 3.01. The third-order valence-corrected chi connectivity index (χ3v) is 15.4. The topological polar surface area (TPSA) is 26.3 Å². The van der Waals surface area contributed by atoms with E-state index in [1.807, 2.05) is 0 Å². The Morgan fingerprint density at radius 3 is 2.32 bits per heavy atom. The Morgan fingerprint density at radius 2 is 1.64 bits per heavy atom. The van der Waals surface area contributed by atoms with Gasteiger partial charge in [-0.1, -0.05) is 34.6 Å². The van der Waals surface area contributed by atoms with Crippen molar-refractivity contribution in [1.82, 2.24) is 0 Å². The van der Waals surface area contributed by atoms with Crippen LogP contribution < -0.4 is 0 Å². The number of carbonyl (C=O) groups is 1. The van der Waals surface area contributed by atoms with Gasteiger partial charge < -0.3 is 4.43 Å². The molecule has 3 heteroatoms. The van der Waals surface area contributed by atoms with Crippen molar-refractivity contribution in [1.29, 1.82) is 0 Å². The van der Waals surface area contributed by atoms with E-state index >= 15 is 0 Å². The van der Waals surface area contributed by atoms with Gasteiger partial charge in [-0.05, 0) is 98.6 Å². The van der Waals surface area contributed by atoms with Crippen molar-refractivity contribution in [2.45, 2.75) is 117 Å². The van der Waals surface area contributed by atoms with E-state index in [4.69, 9.17) is 4.43 Å². The maximum atomic E-state index is 12.6. The standard InChI is InChI=1S/C25H44O2Si/c1-6-28(7-2,8-3)27-19-13-15-24(4)18(17-19)9-10-20-21-11-12-23(26)25(21,5)16-14-22(20)24/h18-22H,6-17H2,1-5H3. The Balaban J connectivity index is 1.48. The second-order valence-corrected chi connectivity index (χ2v) is 16.1. The molecule has 0 aromatic rings. The zero-order valence-corrected chi connectivity index (χ0v) is 20.2. The summed E-state index contributed by atoms with van der Waals surface area (Å²) >= 11 is 0. The van der Waals surface area contributed by atoms with E-state index in [0.717, 1.165) is 30.6 Å². The highest BCUT2D eigenvalue weighted by Gasteiger charge is 2.60. The number of rotatable bonds is 5. The van der Waals surface area contributed by atoms with Gasteiger partial charge in [-0.3, -0.25) is 4.79 Å². The lowest BCUT2D eigenvalue weighted by molar-refractivity contribution is -0.141. The van der Waals surface area contributed by atoms with Gasteiger partial charge >= 0.3 is 0 Å². The molecule has 160 valence electrons. The van der Waals surface area contributed by atoms with Gasteiger partial charge in [0.05, 0.1) is 0 Å². The molecular formula is C25H44O2Si. The van der Waals surface area contributed by atoms with Crippen molar-refractivity contribution >= 4 is 14.1 Å². The van der Waals surface area contributed by atoms with Crippen LogP contribution in [0.15, 0.2) is 0 Å². The Bertz CT molecular complexity index is 591. The second kappa shape index (κ2) is 7.52. The van der Waals surface area contributed by atoms with Crippen molar-refractivity contribution < 1.29 is 9.22 Å². The third kappa shape index (κ3) is 3.09. The van der Waals surface area contributed by atoms with Gasteiger partial charge in [0.2, 0.25) is 0 Å². The lowest BCUT2D eigenvalue weighted by Gasteiger charge is -2.60. The quantitative estimate of drug-likeness (QED) is 0.462. The Morgan fingerprint density at radius 1 is 0.929 bits per heavy atom. The molecule has 7 unspecified atom stereocenters. The van der Waals surface area contributed by atoms with E-state index in [0.29, 0.717) is 23.2 Å². The highest BCUT2D eigenvalue weighted by molar-refractivity contribution is 6.73. The molecule has 4 aliphatic carbocycles. The van der Waals surface area contributed by atoms with Gasteiger partial charge in [-0.2, -0.15) is 0 Å². The predicted molar refractivity (Wildman–Crippen MR) is 119 cm³/mol. The summed E-state index contributed by atoms with van der Waals surface area (Å²) in [6.45, 7) is 12.0. The van der Waals surface area contributed by atoms with Gasteiger partial charge in [-0.25, -0.2) is 0 Å². The van der Waals surface area contributed by atoms with Crippen molar-refractivity contribution in [2.75, 3.05) is 0 Å². The third-order valence-electron chi connectivity index (χ3n) is 10.7. The molecule has 4 aliphatic rings. The molecule has 0 aromatic carbocycles. The molecule has 7 atom stereocenters. The number of hydrogen-bond acceptors (Lipinski definition) is 2. The van der Waals surface area contributed by atoms with Crippen LogP contribution >= 0.6 is 0 Å². The smallest absolute Gasteiger partial charge is 0.192 e. The summed E-state index contributed by atoms with van der Waals surface area (Å²) in [4.78, 5) is 12.6. The van der Waals surface area contributed by atoms with E-state index in [2.05, 4.69) is 34.6 Å². The summed E-state index contributed by atoms with van der Waals surface area (Å²) in [7, 11) is -1.49. The zero-order valence-electron chi connectivity index (χ0n) is 19.2. The van der Waals surface area contributed by atoms with Crippen LogP contribution in [-0.4, -0.2) is 20.2 Å². The Labute approximate surface area is 174 Å². The molecule has 28 heavy (non-hydrogen) atoms. The molecule has 0 N–H and O–H groups in total. The molecule has 0 heterocycles.